The van der Waals surface area contributed by atoms with Crippen molar-refractivity contribution in [1.29, 1.82) is 0 Å². The van der Waals surface area contributed by atoms with E-state index in [1.807, 2.05) is 86.6 Å². The molecule has 0 fully saturated rings. The Balaban J connectivity index is 1.08. The topological polar surface area (TPSA) is 166 Å². The van der Waals surface area contributed by atoms with Crippen LogP contribution in [0.25, 0.3) is 16.5 Å². The number of nitrogens with one attached hydrogen (secondary N) is 2. The van der Waals surface area contributed by atoms with Gasteiger partial charge in [-0.1, -0.05) is 50.2 Å². The van der Waals surface area contributed by atoms with Gasteiger partial charge in [-0.2, -0.15) is 10.1 Å². The van der Waals surface area contributed by atoms with Crippen molar-refractivity contribution in [2.75, 3.05) is 91.0 Å². The molecule has 0 spiro atoms. The number of aromatic nitrogens is 4. The fourth-order valence-electron chi connectivity index (χ4n) is 6.59. The highest BCUT2D eigenvalue weighted by molar-refractivity contribution is 7.61. The third-order valence-corrected chi connectivity index (χ3v) is 10.6. The number of hydrogen-bond acceptors (Lipinski definition) is 12. The number of urea groups is 1. The van der Waals surface area contributed by atoms with Crippen LogP contribution in [0, 0.1) is 0 Å². The Hall–Kier alpha value is -5.83. The number of hydrogen-bond donors (Lipinski definition) is 2. The zero-order valence-corrected chi connectivity index (χ0v) is 37.7. The van der Waals surface area contributed by atoms with Crippen LogP contribution in [0.5, 0.6) is 23.1 Å². The van der Waals surface area contributed by atoms with Crippen molar-refractivity contribution in [2.45, 2.75) is 32.3 Å². The van der Waals surface area contributed by atoms with Crippen LogP contribution in [-0.2, 0) is 36.1 Å². The van der Waals surface area contributed by atoms with Gasteiger partial charge in [-0.25, -0.2) is 14.5 Å². The molecule has 0 saturated heterocycles. The van der Waals surface area contributed by atoms with Gasteiger partial charge >= 0.3 is 6.03 Å². The molecular formula is C47H57N6O9P. The average molecular weight is 881 g/mol. The van der Waals surface area contributed by atoms with Gasteiger partial charge in [0.05, 0.1) is 77.6 Å². The van der Waals surface area contributed by atoms with Crippen LogP contribution >= 0.6 is 7.14 Å². The molecule has 63 heavy (non-hydrogen) atoms. The summed E-state index contributed by atoms with van der Waals surface area (Å²) < 4.78 is 53.7. The van der Waals surface area contributed by atoms with Crippen molar-refractivity contribution in [3.63, 3.8) is 0 Å². The number of fused-ring (bicyclic) bond motifs is 1. The van der Waals surface area contributed by atoms with Crippen LogP contribution in [0.4, 0.5) is 16.3 Å². The molecule has 0 radical (unpaired) electrons. The van der Waals surface area contributed by atoms with Gasteiger partial charge in [0.2, 0.25) is 5.88 Å². The highest BCUT2D eigenvalue weighted by Crippen LogP contribution is 2.41. The third-order valence-electron chi connectivity index (χ3n) is 9.52. The summed E-state index contributed by atoms with van der Waals surface area (Å²) in [5.41, 5.74) is 4.00. The quantitative estimate of drug-likeness (QED) is 0.0438. The van der Waals surface area contributed by atoms with Gasteiger partial charge in [0.15, 0.2) is 0 Å². The molecule has 16 heteroatoms. The lowest BCUT2D eigenvalue weighted by Crippen LogP contribution is -2.21. The molecule has 0 bridgehead atoms. The SMILES string of the molecule is COCCOCCOCCOCCOc1cc(Cc2nccc(Oc3ccc(NC(=O)Nc4cc(C(C)C)nn4-c4cccc(CP(C)(C)=O)c4)c4ccccc34)n2)cc(OC)c1. The van der Waals surface area contributed by atoms with E-state index in [0.29, 0.717) is 106 Å². The number of nitrogens with zero attached hydrogens (tertiary/aromatic N) is 4. The summed E-state index contributed by atoms with van der Waals surface area (Å²) in [7, 11) is 0.949. The number of amides is 2. The van der Waals surface area contributed by atoms with Crippen LogP contribution in [0.1, 0.15) is 42.4 Å². The van der Waals surface area contributed by atoms with Crippen molar-refractivity contribution in [3.8, 4) is 28.8 Å². The molecule has 4 aromatic carbocycles. The number of carbonyl (C=O) groups excluding carboxylic acids is 1. The molecule has 2 heterocycles. The maximum atomic E-state index is 13.6. The number of anilines is 2. The number of benzene rings is 4. The monoisotopic (exact) mass is 880 g/mol. The Morgan fingerprint density at radius 2 is 1.46 bits per heavy atom. The molecule has 0 aliphatic rings. The first-order valence-corrected chi connectivity index (χ1v) is 23.6. The molecular weight excluding hydrogens is 824 g/mol. The highest BCUT2D eigenvalue weighted by atomic mass is 31.2. The Bertz CT molecular complexity index is 2470. The maximum absolute atomic E-state index is 13.6. The van der Waals surface area contributed by atoms with Gasteiger partial charge in [0.1, 0.15) is 35.5 Å². The first-order chi connectivity index (χ1) is 30.5. The molecule has 334 valence electrons. The molecule has 0 aliphatic carbocycles. The van der Waals surface area contributed by atoms with Crippen molar-refractivity contribution in [1.82, 2.24) is 19.7 Å². The first kappa shape index (κ1) is 46.7. The first-order valence-electron chi connectivity index (χ1n) is 20.8. The fraction of sp³-hybridized carbons (Fsp3) is 0.362. The second-order valence-electron chi connectivity index (χ2n) is 15.4. The molecule has 0 aliphatic heterocycles. The molecule has 6 aromatic rings. The van der Waals surface area contributed by atoms with E-state index >= 15 is 0 Å². The molecule has 0 atom stereocenters. The lowest BCUT2D eigenvalue weighted by molar-refractivity contribution is 0.000156. The van der Waals surface area contributed by atoms with E-state index < -0.39 is 13.2 Å². The van der Waals surface area contributed by atoms with Gasteiger partial charge < -0.3 is 43.0 Å². The van der Waals surface area contributed by atoms with Crippen LogP contribution in [0.15, 0.2) is 97.2 Å². The number of carbonyl (C=O) groups is 1. The standard InChI is InChI=1S/C47H57N6O9P/c1-33(2)42-31-45(53(52-42)36-11-9-10-34(26-36)32-63(5,6)55)51-47(54)49-41-14-15-43(40-13-8-7-12-39(40)41)62-46-16-17-48-44(50-46)29-35-27-37(57-4)30-38(28-35)61-25-24-60-23-22-59-21-20-58-19-18-56-3/h7-17,26-28,30-31,33H,18-25,29,32H2,1-6H3,(H2,49,51,54). The van der Waals surface area contributed by atoms with Crippen LogP contribution < -0.4 is 24.8 Å². The van der Waals surface area contributed by atoms with Crippen molar-refractivity contribution in [2.24, 2.45) is 0 Å². The number of ether oxygens (including phenoxy) is 7. The Morgan fingerprint density at radius 1 is 0.746 bits per heavy atom. The van der Waals surface area contributed by atoms with Crippen molar-refractivity contribution >= 4 is 35.5 Å². The maximum Gasteiger partial charge on any atom is 0.324 e. The summed E-state index contributed by atoms with van der Waals surface area (Å²) in [6.07, 6.45) is 2.53. The summed E-state index contributed by atoms with van der Waals surface area (Å²) in [5, 5.41) is 12.4. The zero-order valence-electron chi connectivity index (χ0n) is 36.8. The van der Waals surface area contributed by atoms with Gasteiger partial charge in [-0.05, 0) is 66.8 Å². The second-order valence-corrected chi connectivity index (χ2v) is 18.9. The highest BCUT2D eigenvalue weighted by Gasteiger charge is 2.18. The summed E-state index contributed by atoms with van der Waals surface area (Å²) in [6, 6.07) is 27.8. The summed E-state index contributed by atoms with van der Waals surface area (Å²) >= 11 is 0. The summed E-state index contributed by atoms with van der Waals surface area (Å²) in [5.74, 6) is 3.37. The fourth-order valence-corrected chi connectivity index (χ4v) is 7.66. The van der Waals surface area contributed by atoms with E-state index in [-0.39, 0.29) is 5.92 Å². The smallest absolute Gasteiger partial charge is 0.324 e. The largest absolute Gasteiger partial charge is 0.497 e. The van der Waals surface area contributed by atoms with Crippen molar-refractivity contribution in [3.05, 3.63) is 120 Å². The Kier molecular flexibility index (Phi) is 17.1. The zero-order chi connectivity index (χ0) is 44.6. The summed E-state index contributed by atoms with van der Waals surface area (Å²) in [4.78, 5) is 22.9. The van der Waals surface area contributed by atoms with E-state index in [0.717, 1.165) is 33.3 Å². The normalized spacial score (nSPS) is 11.5. The molecule has 2 N–H and O–H groups in total. The number of rotatable bonds is 24. The lowest BCUT2D eigenvalue weighted by atomic mass is 10.1. The van der Waals surface area contributed by atoms with Crippen molar-refractivity contribution < 1.29 is 42.5 Å². The Morgan fingerprint density at radius 3 is 2.17 bits per heavy atom. The lowest BCUT2D eigenvalue weighted by Gasteiger charge is -2.15. The minimum atomic E-state index is -2.30. The minimum Gasteiger partial charge on any atom is -0.497 e. The number of methoxy groups -OCH3 is 2. The second kappa shape index (κ2) is 23.0. The van der Waals surface area contributed by atoms with Gasteiger partial charge in [0, 0.05) is 54.9 Å². The van der Waals surface area contributed by atoms with Gasteiger partial charge in [0.25, 0.3) is 0 Å². The predicted molar refractivity (Wildman–Crippen MR) is 245 cm³/mol. The molecule has 15 nitrogen and oxygen atoms in total. The van der Waals surface area contributed by atoms with Crippen LogP contribution in [-0.4, -0.2) is 106 Å². The van der Waals surface area contributed by atoms with E-state index in [4.69, 9.17) is 43.2 Å². The molecule has 0 unspecified atom stereocenters. The van der Waals surface area contributed by atoms with Gasteiger partial charge in [-0.3, -0.25) is 5.32 Å². The molecule has 0 saturated carbocycles. The Labute approximate surface area is 368 Å². The van der Waals surface area contributed by atoms with Crippen LogP contribution in [0.3, 0.4) is 0 Å². The average Bonchev–Trinajstić information content (AvgIpc) is 3.68. The van der Waals surface area contributed by atoms with E-state index in [1.54, 1.807) is 56.6 Å². The molecule has 2 aromatic heterocycles. The van der Waals surface area contributed by atoms with E-state index in [1.165, 1.54) is 0 Å². The predicted octanol–water partition coefficient (Wildman–Crippen LogP) is 9.17. The summed E-state index contributed by atoms with van der Waals surface area (Å²) in [6.45, 7) is 11.4. The molecule has 2 amide bonds. The third kappa shape index (κ3) is 14.4. The van der Waals surface area contributed by atoms with E-state index in [9.17, 15) is 9.36 Å². The van der Waals surface area contributed by atoms with Crippen LogP contribution in [0.2, 0.25) is 0 Å². The van der Waals surface area contributed by atoms with Gasteiger partial charge in [-0.15, -0.1) is 0 Å². The minimum absolute atomic E-state index is 0.123. The molecule has 6 rings (SSSR count). The van der Waals surface area contributed by atoms with E-state index in [2.05, 4.69) is 15.6 Å².